The summed E-state index contributed by atoms with van der Waals surface area (Å²) >= 11 is 0. The van der Waals surface area contributed by atoms with Gasteiger partial charge in [0.15, 0.2) is 0 Å². The standard InChI is InChI=1S/C14H17N3/c15-10-5-2-6-12-17(13-7-11-16)14-8-3-1-4-9-14/h1,3-4,8-9H,2,5-7,12-13H2. The molecule has 0 aliphatic carbocycles. The van der Waals surface area contributed by atoms with Gasteiger partial charge in [-0.3, -0.25) is 0 Å². The normalized spacial score (nSPS) is 9.29. The Balaban J connectivity index is 2.50. The molecule has 0 aliphatic rings. The van der Waals surface area contributed by atoms with E-state index in [1.807, 2.05) is 18.2 Å². The lowest BCUT2D eigenvalue weighted by Crippen LogP contribution is -2.25. The van der Waals surface area contributed by atoms with Gasteiger partial charge in [-0.1, -0.05) is 18.2 Å². The van der Waals surface area contributed by atoms with Gasteiger partial charge < -0.3 is 4.90 Å². The fraction of sp³-hybridized carbons (Fsp3) is 0.429. The van der Waals surface area contributed by atoms with Crippen LogP contribution < -0.4 is 4.90 Å². The molecule has 17 heavy (non-hydrogen) atoms. The van der Waals surface area contributed by atoms with E-state index < -0.39 is 0 Å². The van der Waals surface area contributed by atoms with Gasteiger partial charge >= 0.3 is 0 Å². The third-order valence-electron chi connectivity index (χ3n) is 2.58. The number of hydrogen-bond donors (Lipinski definition) is 0. The first-order valence-electron chi connectivity index (χ1n) is 5.92. The number of nitriles is 2. The Kier molecular flexibility index (Phi) is 6.29. The molecule has 0 radical (unpaired) electrons. The zero-order chi connectivity index (χ0) is 12.3. The van der Waals surface area contributed by atoms with E-state index in [9.17, 15) is 0 Å². The third kappa shape index (κ3) is 5.04. The Hall–Kier alpha value is -2.00. The SMILES string of the molecule is N#CCCCCN(CCC#N)c1ccccc1. The van der Waals surface area contributed by atoms with Crippen LogP contribution in [0.1, 0.15) is 25.7 Å². The van der Waals surface area contributed by atoms with Crippen LogP contribution in [-0.2, 0) is 0 Å². The first kappa shape index (κ1) is 13.1. The number of unbranched alkanes of at least 4 members (excludes halogenated alkanes) is 2. The molecule has 0 saturated heterocycles. The van der Waals surface area contributed by atoms with Gasteiger partial charge in [-0.2, -0.15) is 10.5 Å². The van der Waals surface area contributed by atoms with E-state index in [2.05, 4.69) is 29.2 Å². The van der Waals surface area contributed by atoms with Crippen molar-refractivity contribution in [2.45, 2.75) is 25.7 Å². The molecular formula is C14H17N3. The minimum atomic E-state index is 0.535. The van der Waals surface area contributed by atoms with Gasteiger partial charge in [0.1, 0.15) is 0 Å². The summed E-state index contributed by atoms with van der Waals surface area (Å²) in [7, 11) is 0. The minimum absolute atomic E-state index is 0.535. The van der Waals surface area contributed by atoms with Crippen molar-refractivity contribution in [1.82, 2.24) is 0 Å². The zero-order valence-electron chi connectivity index (χ0n) is 9.97. The van der Waals surface area contributed by atoms with E-state index in [0.717, 1.165) is 31.6 Å². The Bertz CT molecular complexity index is 386. The Morgan fingerprint density at radius 3 is 2.24 bits per heavy atom. The summed E-state index contributed by atoms with van der Waals surface area (Å²) < 4.78 is 0. The maximum Gasteiger partial charge on any atom is 0.0640 e. The lowest BCUT2D eigenvalue weighted by molar-refractivity contribution is 0.697. The summed E-state index contributed by atoms with van der Waals surface area (Å²) in [6, 6.07) is 14.4. The average molecular weight is 227 g/mol. The molecule has 0 aliphatic heterocycles. The van der Waals surface area contributed by atoms with Crippen molar-refractivity contribution < 1.29 is 0 Å². The Labute approximate surface area is 103 Å². The Morgan fingerprint density at radius 1 is 0.882 bits per heavy atom. The molecule has 0 N–H and O–H groups in total. The molecule has 0 amide bonds. The number of benzene rings is 1. The predicted molar refractivity (Wildman–Crippen MR) is 68.3 cm³/mol. The van der Waals surface area contributed by atoms with Gasteiger partial charge in [0.2, 0.25) is 0 Å². The second-order valence-electron chi connectivity index (χ2n) is 3.85. The fourth-order valence-corrected chi connectivity index (χ4v) is 1.70. The molecule has 0 heterocycles. The topological polar surface area (TPSA) is 50.8 Å². The zero-order valence-corrected chi connectivity index (χ0v) is 9.97. The molecule has 0 bridgehead atoms. The second kappa shape index (κ2) is 8.19. The van der Waals surface area contributed by atoms with E-state index in [-0.39, 0.29) is 0 Å². The number of rotatable bonds is 7. The lowest BCUT2D eigenvalue weighted by Gasteiger charge is -2.23. The van der Waals surface area contributed by atoms with Crippen LogP contribution in [0.25, 0.3) is 0 Å². The molecule has 0 aromatic heterocycles. The molecule has 0 unspecified atom stereocenters. The quantitative estimate of drug-likeness (QED) is 0.672. The summed E-state index contributed by atoms with van der Waals surface area (Å²) in [5.74, 6) is 0. The largest absolute Gasteiger partial charge is 0.371 e. The minimum Gasteiger partial charge on any atom is -0.371 e. The highest BCUT2D eigenvalue weighted by Crippen LogP contribution is 2.14. The molecule has 1 aromatic rings. The van der Waals surface area contributed by atoms with Gasteiger partial charge in [0.05, 0.1) is 18.6 Å². The van der Waals surface area contributed by atoms with Crippen molar-refractivity contribution in [3.63, 3.8) is 0 Å². The van der Waals surface area contributed by atoms with E-state index in [4.69, 9.17) is 10.5 Å². The van der Waals surface area contributed by atoms with Crippen molar-refractivity contribution in [3.8, 4) is 12.1 Å². The fourth-order valence-electron chi connectivity index (χ4n) is 1.70. The highest BCUT2D eigenvalue weighted by atomic mass is 15.1. The van der Waals surface area contributed by atoms with Crippen molar-refractivity contribution in [1.29, 1.82) is 10.5 Å². The van der Waals surface area contributed by atoms with Crippen molar-refractivity contribution in [2.75, 3.05) is 18.0 Å². The van der Waals surface area contributed by atoms with Gasteiger partial charge in [-0.25, -0.2) is 0 Å². The second-order valence-corrected chi connectivity index (χ2v) is 3.85. The summed E-state index contributed by atoms with van der Waals surface area (Å²) in [6.45, 7) is 1.67. The summed E-state index contributed by atoms with van der Waals surface area (Å²) in [5.41, 5.74) is 1.15. The van der Waals surface area contributed by atoms with E-state index in [0.29, 0.717) is 12.8 Å². The van der Waals surface area contributed by atoms with Gasteiger partial charge in [0, 0.05) is 25.2 Å². The molecule has 3 nitrogen and oxygen atoms in total. The molecule has 0 fully saturated rings. The number of nitrogens with zero attached hydrogens (tertiary/aromatic N) is 3. The van der Waals surface area contributed by atoms with Crippen LogP contribution in [0.4, 0.5) is 5.69 Å². The van der Waals surface area contributed by atoms with Crippen LogP contribution >= 0.6 is 0 Å². The van der Waals surface area contributed by atoms with Crippen LogP contribution in [0.2, 0.25) is 0 Å². The summed E-state index contributed by atoms with van der Waals surface area (Å²) in [6.07, 6.45) is 3.06. The number of hydrogen-bond acceptors (Lipinski definition) is 3. The predicted octanol–water partition coefficient (Wildman–Crippen LogP) is 3.10. The smallest absolute Gasteiger partial charge is 0.0640 e. The van der Waals surface area contributed by atoms with Crippen LogP contribution in [0, 0.1) is 22.7 Å². The van der Waals surface area contributed by atoms with Crippen LogP contribution in [0.3, 0.4) is 0 Å². The first-order valence-corrected chi connectivity index (χ1v) is 5.92. The van der Waals surface area contributed by atoms with Crippen LogP contribution in [0.5, 0.6) is 0 Å². The van der Waals surface area contributed by atoms with Crippen LogP contribution in [0.15, 0.2) is 30.3 Å². The van der Waals surface area contributed by atoms with Crippen molar-refractivity contribution in [2.24, 2.45) is 0 Å². The lowest BCUT2D eigenvalue weighted by atomic mass is 10.2. The summed E-state index contributed by atoms with van der Waals surface area (Å²) in [4.78, 5) is 2.21. The maximum atomic E-state index is 8.65. The molecular weight excluding hydrogens is 210 g/mol. The monoisotopic (exact) mass is 227 g/mol. The maximum absolute atomic E-state index is 8.65. The van der Waals surface area contributed by atoms with E-state index in [1.165, 1.54) is 0 Å². The first-order chi connectivity index (χ1) is 8.38. The van der Waals surface area contributed by atoms with E-state index in [1.54, 1.807) is 0 Å². The number of anilines is 1. The molecule has 0 spiro atoms. The summed E-state index contributed by atoms with van der Waals surface area (Å²) in [5, 5.41) is 17.1. The molecule has 1 rings (SSSR count). The molecule has 1 aromatic carbocycles. The van der Waals surface area contributed by atoms with Gasteiger partial charge in [-0.15, -0.1) is 0 Å². The highest BCUT2D eigenvalue weighted by molar-refractivity contribution is 5.45. The molecule has 3 heteroatoms. The van der Waals surface area contributed by atoms with Crippen molar-refractivity contribution >= 4 is 5.69 Å². The highest BCUT2D eigenvalue weighted by Gasteiger charge is 2.04. The van der Waals surface area contributed by atoms with Crippen molar-refractivity contribution in [3.05, 3.63) is 30.3 Å². The average Bonchev–Trinajstić information content (AvgIpc) is 2.39. The Morgan fingerprint density at radius 2 is 1.59 bits per heavy atom. The molecule has 0 atom stereocenters. The number of para-hydroxylation sites is 1. The molecule has 0 saturated carbocycles. The van der Waals surface area contributed by atoms with E-state index >= 15 is 0 Å². The third-order valence-corrected chi connectivity index (χ3v) is 2.58. The van der Waals surface area contributed by atoms with Crippen LogP contribution in [-0.4, -0.2) is 13.1 Å². The van der Waals surface area contributed by atoms with Gasteiger partial charge in [-0.05, 0) is 25.0 Å². The van der Waals surface area contributed by atoms with Gasteiger partial charge in [0.25, 0.3) is 0 Å². The molecule has 88 valence electrons.